The number of nitrogens with one attached hydrogen (secondary N) is 3. The Hall–Kier alpha value is -3.41. The third kappa shape index (κ3) is 6.91. The van der Waals surface area contributed by atoms with Gasteiger partial charge in [-0.15, -0.1) is 0 Å². The molecule has 38 heavy (non-hydrogen) atoms. The Labute approximate surface area is 217 Å². The van der Waals surface area contributed by atoms with E-state index in [0.717, 1.165) is 12.8 Å². The lowest BCUT2D eigenvalue weighted by Crippen LogP contribution is -2.45. The maximum atomic E-state index is 13.5. The summed E-state index contributed by atoms with van der Waals surface area (Å²) in [6.45, 7) is 1.97. The van der Waals surface area contributed by atoms with Crippen LogP contribution in [0.5, 0.6) is 5.75 Å². The third-order valence-corrected chi connectivity index (χ3v) is 6.87. The van der Waals surface area contributed by atoms with E-state index in [1.54, 1.807) is 18.2 Å². The molecule has 0 radical (unpaired) electrons. The quantitative estimate of drug-likeness (QED) is 0.289. The monoisotopic (exact) mass is 532 g/mol. The molecule has 2 aromatic carbocycles. The van der Waals surface area contributed by atoms with Crippen LogP contribution in [0.2, 0.25) is 0 Å². The molecule has 11 heteroatoms. The average molecular weight is 533 g/mol. The van der Waals surface area contributed by atoms with Gasteiger partial charge in [0.1, 0.15) is 5.75 Å². The van der Waals surface area contributed by atoms with Crippen molar-refractivity contribution in [2.75, 3.05) is 26.2 Å². The lowest BCUT2D eigenvalue weighted by molar-refractivity contribution is -0.163. The van der Waals surface area contributed by atoms with E-state index >= 15 is 0 Å². The minimum absolute atomic E-state index is 0.00369. The first kappa shape index (κ1) is 27.6. The van der Waals surface area contributed by atoms with Crippen molar-refractivity contribution >= 4 is 16.8 Å². The van der Waals surface area contributed by atoms with Gasteiger partial charge in [0, 0.05) is 37.0 Å². The van der Waals surface area contributed by atoms with Gasteiger partial charge in [0.15, 0.2) is 6.04 Å². The normalized spacial score (nSPS) is 16.8. The number of benzene rings is 2. The van der Waals surface area contributed by atoms with Crippen molar-refractivity contribution in [3.63, 3.8) is 0 Å². The number of aliphatic hydroxyl groups is 1. The predicted molar refractivity (Wildman–Crippen MR) is 137 cm³/mol. The highest BCUT2D eigenvalue weighted by molar-refractivity contribution is 5.87. The van der Waals surface area contributed by atoms with Crippen LogP contribution in [0.4, 0.5) is 13.2 Å². The smallest absolute Gasteiger partial charge is 0.412 e. The van der Waals surface area contributed by atoms with Crippen LogP contribution in [0, 0.1) is 0 Å². The van der Waals surface area contributed by atoms with Crippen molar-refractivity contribution in [3.8, 4) is 5.75 Å². The molecule has 3 aromatic rings. The number of halogens is 3. The Balaban J connectivity index is 1.23. The van der Waals surface area contributed by atoms with Crippen molar-refractivity contribution in [2.24, 2.45) is 0 Å². The van der Waals surface area contributed by atoms with E-state index in [1.807, 2.05) is 4.90 Å². The zero-order chi connectivity index (χ0) is 27.3. The third-order valence-electron chi connectivity index (χ3n) is 6.87. The molecule has 1 fully saturated rings. The van der Waals surface area contributed by atoms with Crippen molar-refractivity contribution in [2.45, 2.75) is 43.6 Å². The number of nitrogens with zero attached hydrogens (tertiary/aromatic N) is 1. The number of alkyl halides is 3. The molecule has 1 aromatic heterocycles. The standard InChI is InChI=1S/C27H31F3N4O4/c28-27(29,30)26(17-4-2-1-3-5-17)33-24(38)12-15-34-13-10-18(11-14-34)31-16-22(36)19-6-8-21(35)25-20(19)7-9-23(37)32-25/h1-9,18,22,26,31,35-36H,10-16H2,(H,32,37)(H,33,38)/t22-,26?/m0/s1. The lowest BCUT2D eigenvalue weighted by atomic mass is 10.0. The number of pyridine rings is 1. The highest BCUT2D eigenvalue weighted by Crippen LogP contribution is 2.32. The summed E-state index contributed by atoms with van der Waals surface area (Å²) < 4.78 is 40.4. The molecule has 1 aliphatic heterocycles. The van der Waals surface area contributed by atoms with E-state index in [2.05, 4.69) is 15.6 Å². The van der Waals surface area contributed by atoms with Crippen LogP contribution >= 0.6 is 0 Å². The van der Waals surface area contributed by atoms with Gasteiger partial charge in [-0.1, -0.05) is 36.4 Å². The van der Waals surface area contributed by atoms with Crippen LogP contribution in [-0.4, -0.2) is 64.4 Å². The fraction of sp³-hybridized carbons (Fsp3) is 0.407. The summed E-state index contributed by atoms with van der Waals surface area (Å²) in [6.07, 6.45) is -3.97. The lowest BCUT2D eigenvalue weighted by Gasteiger charge is -2.33. The number of rotatable bonds is 9. The van der Waals surface area contributed by atoms with Crippen LogP contribution < -0.4 is 16.2 Å². The summed E-state index contributed by atoms with van der Waals surface area (Å²) >= 11 is 0. The number of hydrogen-bond acceptors (Lipinski definition) is 6. The summed E-state index contributed by atoms with van der Waals surface area (Å²) in [5.74, 6) is -0.723. The number of aliphatic hydroxyl groups excluding tert-OH is 1. The molecule has 8 nitrogen and oxygen atoms in total. The molecule has 4 rings (SSSR count). The molecule has 5 N–H and O–H groups in total. The Morgan fingerprint density at radius 1 is 1.08 bits per heavy atom. The number of carbonyl (C=O) groups is 1. The van der Waals surface area contributed by atoms with Crippen molar-refractivity contribution in [3.05, 3.63) is 76.1 Å². The Morgan fingerprint density at radius 3 is 2.47 bits per heavy atom. The largest absolute Gasteiger partial charge is 0.506 e. The van der Waals surface area contributed by atoms with E-state index in [4.69, 9.17) is 0 Å². The van der Waals surface area contributed by atoms with Crippen LogP contribution in [0.15, 0.2) is 59.4 Å². The van der Waals surface area contributed by atoms with Crippen LogP contribution in [0.1, 0.15) is 42.5 Å². The van der Waals surface area contributed by atoms with Crippen molar-refractivity contribution < 1.29 is 28.2 Å². The highest BCUT2D eigenvalue weighted by atomic mass is 19.4. The Kier molecular flexibility index (Phi) is 8.70. The number of aromatic nitrogens is 1. The van der Waals surface area contributed by atoms with E-state index in [9.17, 15) is 33.0 Å². The number of aromatic amines is 1. The molecule has 1 amide bonds. The van der Waals surface area contributed by atoms with Gasteiger partial charge in [-0.05, 0) is 49.2 Å². The summed E-state index contributed by atoms with van der Waals surface area (Å²) in [6, 6.07) is 11.4. The first-order valence-corrected chi connectivity index (χ1v) is 12.5. The fourth-order valence-corrected chi connectivity index (χ4v) is 4.79. The van der Waals surface area contributed by atoms with E-state index < -0.39 is 24.2 Å². The summed E-state index contributed by atoms with van der Waals surface area (Å²) in [4.78, 5) is 28.5. The Morgan fingerprint density at radius 2 is 1.79 bits per heavy atom. The molecular formula is C27H31F3N4O4. The molecule has 1 unspecified atom stereocenters. The first-order chi connectivity index (χ1) is 18.1. The zero-order valence-electron chi connectivity index (χ0n) is 20.7. The summed E-state index contributed by atoms with van der Waals surface area (Å²) in [7, 11) is 0. The second-order valence-electron chi connectivity index (χ2n) is 9.53. The van der Waals surface area contributed by atoms with Gasteiger partial charge in [-0.3, -0.25) is 9.59 Å². The number of likely N-dealkylation sites (tertiary alicyclic amines) is 1. The number of phenols is 1. The number of piperidine rings is 1. The van der Waals surface area contributed by atoms with E-state index in [0.29, 0.717) is 30.6 Å². The molecule has 1 saturated heterocycles. The van der Waals surface area contributed by atoms with Crippen LogP contribution in [0.3, 0.4) is 0 Å². The van der Waals surface area contributed by atoms with E-state index in [-0.39, 0.29) is 41.4 Å². The molecule has 2 atom stereocenters. The summed E-state index contributed by atoms with van der Waals surface area (Å²) in [5.41, 5.74) is 0.503. The van der Waals surface area contributed by atoms with Crippen molar-refractivity contribution in [1.29, 1.82) is 0 Å². The number of carbonyl (C=O) groups excluding carboxylic acids is 1. The summed E-state index contributed by atoms with van der Waals surface area (Å²) in [5, 5.41) is 26.8. The second kappa shape index (κ2) is 12.0. The second-order valence-corrected chi connectivity index (χ2v) is 9.53. The zero-order valence-corrected chi connectivity index (χ0v) is 20.7. The molecular weight excluding hydrogens is 501 g/mol. The maximum absolute atomic E-state index is 13.5. The number of fused-ring (bicyclic) bond motifs is 1. The van der Waals surface area contributed by atoms with Gasteiger partial charge in [0.25, 0.3) is 0 Å². The van der Waals surface area contributed by atoms with Gasteiger partial charge in [0.2, 0.25) is 11.5 Å². The van der Waals surface area contributed by atoms with Crippen molar-refractivity contribution in [1.82, 2.24) is 20.5 Å². The molecule has 204 valence electrons. The van der Waals surface area contributed by atoms with Gasteiger partial charge in [-0.2, -0.15) is 13.2 Å². The van der Waals surface area contributed by atoms with Crippen LogP contribution in [-0.2, 0) is 4.79 Å². The predicted octanol–water partition coefficient (Wildman–Crippen LogP) is 3.13. The number of phenolic OH excluding ortho intramolecular Hbond substituents is 1. The average Bonchev–Trinajstić information content (AvgIpc) is 2.90. The van der Waals surface area contributed by atoms with Gasteiger partial charge >= 0.3 is 6.18 Å². The molecule has 2 heterocycles. The SMILES string of the molecule is O=C(CCN1CCC(NC[C@H](O)c2ccc(O)c3[nH]c(=O)ccc23)CC1)NC(c1ccccc1)C(F)(F)F. The van der Waals surface area contributed by atoms with E-state index in [1.165, 1.54) is 36.4 Å². The maximum Gasteiger partial charge on any atom is 0.412 e. The number of aromatic hydroxyl groups is 1. The highest BCUT2D eigenvalue weighted by Gasteiger charge is 2.41. The number of H-pyrrole nitrogens is 1. The van der Waals surface area contributed by atoms with Gasteiger partial charge in [0.05, 0.1) is 11.6 Å². The number of amides is 1. The fourth-order valence-electron chi connectivity index (χ4n) is 4.79. The number of hydrogen-bond donors (Lipinski definition) is 5. The van der Waals surface area contributed by atoms with Gasteiger partial charge in [-0.25, -0.2) is 0 Å². The minimum atomic E-state index is -4.59. The molecule has 0 saturated carbocycles. The molecule has 0 aliphatic carbocycles. The molecule has 0 spiro atoms. The van der Waals surface area contributed by atoms with Gasteiger partial charge < -0.3 is 30.7 Å². The minimum Gasteiger partial charge on any atom is -0.506 e. The topological polar surface area (TPSA) is 118 Å². The molecule has 1 aliphatic rings. The molecule has 0 bridgehead atoms. The Bertz CT molecular complexity index is 1290. The van der Waals surface area contributed by atoms with Crippen LogP contribution in [0.25, 0.3) is 10.9 Å². The first-order valence-electron chi connectivity index (χ1n) is 12.5.